The molecular formula is C20H23N3O. The molecule has 0 spiro atoms. The van der Waals surface area contributed by atoms with Crippen LogP contribution in [0.15, 0.2) is 48.7 Å². The fourth-order valence-corrected chi connectivity index (χ4v) is 3.50. The fourth-order valence-electron chi connectivity index (χ4n) is 3.50. The average Bonchev–Trinajstić information content (AvgIpc) is 3.13. The van der Waals surface area contributed by atoms with Gasteiger partial charge in [0.1, 0.15) is 5.69 Å². The van der Waals surface area contributed by atoms with Crippen LogP contribution in [-0.2, 0) is 6.42 Å². The molecule has 1 aromatic carbocycles. The quantitative estimate of drug-likeness (QED) is 0.920. The van der Waals surface area contributed by atoms with E-state index in [1.807, 2.05) is 30.3 Å². The van der Waals surface area contributed by atoms with Crippen LogP contribution in [0, 0.1) is 0 Å². The largest absolute Gasteiger partial charge is 0.371 e. The van der Waals surface area contributed by atoms with Gasteiger partial charge in [-0.1, -0.05) is 30.3 Å². The van der Waals surface area contributed by atoms with Crippen molar-refractivity contribution < 1.29 is 4.79 Å². The Bertz CT molecular complexity index is 719. The molecule has 1 saturated carbocycles. The van der Waals surface area contributed by atoms with Gasteiger partial charge in [0.2, 0.25) is 0 Å². The van der Waals surface area contributed by atoms with Crippen LogP contribution in [0.5, 0.6) is 0 Å². The summed E-state index contributed by atoms with van der Waals surface area (Å²) in [4.78, 5) is 19.3. The van der Waals surface area contributed by atoms with E-state index >= 15 is 0 Å². The Hall–Kier alpha value is -2.36. The van der Waals surface area contributed by atoms with Crippen molar-refractivity contribution >= 4 is 11.6 Å². The highest BCUT2D eigenvalue weighted by atomic mass is 16.2. The average molecular weight is 321 g/mol. The third-order valence-corrected chi connectivity index (χ3v) is 5.06. The van der Waals surface area contributed by atoms with E-state index in [4.69, 9.17) is 0 Å². The normalized spacial score (nSPS) is 18.4. The number of benzene rings is 1. The summed E-state index contributed by atoms with van der Waals surface area (Å²) < 4.78 is 0. The van der Waals surface area contributed by atoms with Crippen molar-refractivity contribution in [2.75, 3.05) is 18.0 Å². The number of pyridine rings is 1. The highest BCUT2D eigenvalue weighted by Crippen LogP contribution is 2.38. The number of carbonyl (C=O) groups excluding carboxylic acids is 1. The minimum absolute atomic E-state index is 0.0514. The third-order valence-electron chi connectivity index (χ3n) is 5.06. The van der Waals surface area contributed by atoms with Gasteiger partial charge in [-0.2, -0.15) is 0 Å². The smallest absolute Gasteiger partial charge is 0.270 e. The van der Waals surface area contributed by atoms with Gasteiger partial charge in [0.15, 0.2) is 0 Å². The van der Waals surface area contributed by atoms with Gasteiger partial charge in [-0.25, -0.2) is 0 Å². The van der Waals surface area contributed by atoms with Gasteiger partial charge < -0.3 is 10.2 Å². The van der Waals surface area contributed by atoms with Gasteiger partial charge >= 0.3 is 0 Å². The molecule has 0 unspecified atom stereocenters. The van der Waals surface area contributed by atoms with Crippen molar-refractivity contribution in [3.8, 4) is 0 Å². The van der Waals surface area contributed by atoms with Crippen LogP contribution in [0.2, 0.25) is 0 Å². The molecule has 1 saturated heterocycles. The number of aromatic nitrogens is 1. The fraction of sp³-hybridized carbons (Fsp3) is 0.400. The van der Waals surface area contributed by atoms with Crippen LogP contribution in [0.3, 0.4) is 0 Å². The molecule has 4 rings (SSSR count). The summed E-state index contributed by atoms with van der Waals surface area (Å²) in [5, 5.41) is 3.23. The van der Waals surface area contributed by atoms with Crippen molar-refractivity contribution in [2.45, 2.75) is 37.6 Å². The Morgan fingerprint density at radius 3 is 2.58 bits per heavy atom. The summed E-state index contributed by atoms with van der Waals surface area (Å²) in [5.74, 6) is -0.0514. The lowest BCUT2D eigenvalue weighted by molar-refractivity contribution is 0.0926. The molecule has 24 heavy (non-hydrogen) atoms. The molecule has 1 aliphatic heterocycles. The number of carbonyl (C=O) groups is 1. The SMILES string of the molecule is O=C(NC1(Cc2ccccc2)CC1)c1cc(N2CCCC2)ccn1. The number of rotatable bonds is 5. The second-order valence-electron chi connectivity index (χ2n) is 6.99. The summed E-state index contributed by atoms with van der Waals surface area (Å²) in [6.45, 7) is 2.14. The lowest BCUT2D eigenvalue weighted by atomic mass is 10.0. The van der Waals surface area contributed by atoms with E-state index in [1.165, 1.54) is 18.4 Å². The molecule has 4 nitrogen and oxygen atoms in total. The first-order valence-electron chi connectivity index (χ1n) is 8.82. The topological polar surface area (TPSA) is 45.2 Å². The van der Waals surface area contributed by atoms with E-state index in [-0.39, 0.29) is 11.4 Å². The Morgan fingerprint density at radius 2 is 1.88 bits per heavy atom. The van der Waals surface area contributed by atoms with E-state index in [2.05, 4.69) is 27.3 Å². The molecular weight excluding hydrogens is 298 g/mol. The number of hydrogen-bond acceptors (Lipinski definition) is 3. The van der Waals surface area contributed by atoms with E-state index in [9.17, 15) is 4.79 Å². The Labute approximate surface area is 142 Å². The van der Waals surface area contributed by atoms with E-state index in [0.29, 0.717) is 5.69 Å². The Balaban J connectivity index is 1.45. The molecule has 124 valence electrons. The van der Waals surface area contributed by atoms with Crippen molar-refractivity contribution in [1.82, 2.24) is 10.3 Å². The molecule has 1 aliphatic carbocycles. The van der Waals surface area contributed by atoms with Crippen LogP contribution in [0.25, 0.3) is 0 Å². The van der Waals surface area contributed by atoms with Crippen molar-refractivity contribution in [1.29, 1.82) is 0 Å². The summed E-state index contributed by atoms with van der Waals surface area (Å²) >= 11 is 0. The highest BCUT2D eigenvalue weighted by Gasteiger charge is 2.44. The Kier molecular flexibility index (Phi) is 3.97. The molecule has 2 heterocycles. The number of nitrogens with one attached hydrogen (secondary N) is 1. The summed E-state index contributed by atoms with van der Waals surface area (Å²) in [6.07, 6.45) is 7.18. The zero-order valence-corrected chi connectivity index (χ0v) is 13.9. The van der Waals surface area contributed by atoms with Crippen LogP contribution in [-0.4, -0.2) is 29.5 Å². The summed E-state index contributed by atoms with van der Waals surface area (Å²) in [5.41, 5.74) is 2.83. The molecule has 0 atom stereocenters. The van der Waals surface area contributed by atoms with Crippen LogP contribution >= 0.6 is 0 Å². The van der Waals surface area contributed by atoms with Gasteiger partial charge in [-0.15, -0.1) is 0 Å². The third kappa shape index (κ3) is 3.28. The standard InChI is InChI=1S/C20H23N3O/c24-19(18-14-17(8-11-21-18)23-12-4-5-13-23)22-20(9-10-20)15-16-6-2-1-3-7-16/h1-3,6-8,11,14H,4-5,9-10,12-13,15H2,(H,22,24). The zero-order valence-electron chi connectivity index (χ0n) is 13.9. The highest BCUT2D eigenvalue weighted by molar-refractivity contribution is 5.94. The minimum atomic E-state index is -0.0796. The first-order chi connectivity index (χ1) is 11.7. The molecule has 0 radical (unpaired) electrons. The van der Waals surface area contributed by atoms with Crippen molar-refractivity contribution in [3.63, 3.8) is 0 Å². The Morgan fingerprint density at radius 1 is 1.12 bits per heavy atom. The monoisotopic (exact) mass is 321 g/mol. The lowest BCUT2D eigenvalue weighted by Crippen LogP contribution is -2.39. The van der Waals surface area contributed by atoms with Crippen molar-refractivity contribution in [2.24, 2.45) is 0 Å². The number of anilines is 1. The number of amides is 1. The molecule has 4 heteroatoms. The molecule has 2 aliphatic rings. The lowest BCUT2D eigenvalue weighted by Gasteiger charge is -2.20. The van der Waals surface area contributed by atoms with E-state index in [0.717, 1.165) is 38.0 Å². The van der Waals surface area contributed by atoms with Gasteiger partial charge in [0.05, 0.1) is 0 Å². The van der Waals surface area contributed by atoms with E-state index < -0.39 is 0 Å². The molecule has 2 aromatic rings. The molecule has 2 fully saturated rings. The first-order valence-corrected chi connectivity index (χ1v) is 8.82. The molecule has 1 aromatic heterocycles. The van der Waals surface area contributed by atoms with E-state index in [1.54, 1.807) is 6.20 Å². The van der Waals surface area contributed by atoms with Gasteiger partial charge in [0, 0.05) is 30.5 Å². The second kappa shape index (κ2) is 6.27. The maximum Gasteiger partial charge on any atom is 0.270 e. The maximum atomic E-state index is 12.7. The summed E-state index contributed by atoms with van der Waals surface area (Å²) in [7, 11) is 0. The van der Waals surface area contributed by atoms with Crippen LogP contribution in [0.4, 0.5) is 5.69 Å². The van der Waals surface area contributed by atoms with Gasteiger partial charge in [-0.05, 0) is 49.8 Å². The van der Waals surface area contributed by atoms with Crippen molar-refractivity contribution in [3.05, 3.63) is 59.9 Å². The zero-order chi connectivity index (χ0) is 16.4. The molecule has 0 bridgehead atoms. The predicted molar refractivity (Wildman–Crippen MR) is 95.3 cm³/mol. The number of nitrogens with zero attached hydrogens (tertiary/aromatic N) is 2. The second-order valence-corrected chi connectivity index (χ2v) is 6.99. The molecule has 1 amide bonds. The molecule has 1 N–H and O–H groups in total. The van der Waals surface area contributed by atoms with Crippen LogP contribution in [0.1, 0.15) is 41.7 Å². The maximum absolute atomic E-state index is 12.7. The van der Waals surface area contributed by atoms with Crippen LogP contribution < -0.4 is 10.2 Å². The summed E-state index contributed by atoms with van der Waals surface area (Å²) in [6, 6.07) is 14.3. The predicted octanol–water partition coefficient (Wildman–Crippen LogP) is 3.19. The number of hydrogen-bond donors (Lipinski definition) is 1. The minimum Gasteiger partial charge on any atom is -0.371 e. The van der Waals surface area contributed by atoms with Gasteiger partial charge in [-0.3, -0.25) is 9.78 Å². The van der Waals surface area contributed by atoms with Gasteiger partial charge in [0.25, 0.3) is 5.91 Å². The first kappa shape index (κ1) is 15.2.